The fraction of sp³-hybridized carbons (Fsp3) is 0.158. The Morgan fingerprint density at radius 2 is 1.83 bits per heavy atom. The lowest BCUT2D eigenvalue weighted by Gasteiger charge is -2.14. The Labute approximate surface area is 146 Å². The number of ether oxygens (including phenoxy) is 1. The number of carbonyl (C=O) groups is 1. The van der Waals surface area contributed by atoms with E-state index >= 15 is 0 Å². The number of nitrogens with zero attached hydrogens (tertiary/aromatic N) is 1. The molecule has 0 saturated carbocycles. The van der Waals surface area contributed by atoms with Crippen LogP contribution >= 0.6 is 12.2 Å². The molecule has 0 radical (unpaired) electrons. The summed E-state index contributed by atoms with van der Waals surface area (Å²) in [5.74, 6) is 0.735. The number of amides is 1. The standard InChI is InChI=1S/C19H18N2O2S/c1-23-16-9-7-14(8-10-16)11-12-21-18(22)17(20-19(21)24)13-15-5-3-2-4-6-15/h2-10,13H,11-12H2,1H3,(H,20,24)/b17-13+. The molecule has 0 bridgehead atoms. The molecular weight excluding hydrogens is 320 g/mol. The molecule has 122 valence electrons. The third-order valence-electron chi connectivity index (χ3n) is 3.86. The van der Waals surface area contributed by atoms with Gasteiger partial charge < -0.3 is 10.1 Å². The fourth-order valence-electron chi connectivity index (χ4n) is 2.52. The monoisotopic (exact) mass is 338 g/mol. The van der Waals surface area contributed by atoms with E-state index in [1.807, 2.05) is 60.7 Å². The predicted octanol–water partition coefficient (Wildman–Crippen LogP) is 3.00. The van der Waals surface area contributed by atoms with Crippen LogP contribution in [0.3, 0.4) is 0 Å². The molecule has 1 N–H and O–H groups in total. The van der Waals surface area contributed by atoms with Gasteiger partial charge in [0, 0.05) is 6.54 Å². The number of hydrogen-bond acceptors (Lipinski definition) is 3. The lowest BCUT2D eigenvalue weighted by Crippen LogP contribution is -2.32. The van der Waals surface area contributed by atoms with Crippen molar-refractivity contribution in [3.63, 3.8) is 0 Å². The van der Waals surface area contributed by atoms with Crippen LogP contribution in [-0.2, 0) is 11.2 Å². The molecule has 1 aliphatic rings. The minimum Gasteiger partial charge on any atom is -0.497 e. The summed E-state index contributed by atoms with van der Waals surface area (Å²) >= 11 is 5.30. The average Bonchev–Trinajstić information content (AvgIpc) is 2.88. The van der Waals surface area contributed by atoms with Crippen molar-refractivity contribution in [1.82, 2.24) is 10.2 Å². The van der Waals surface area contributed by atoms with Crippen LogP contribution < -0.4 is 10.1 Å². The number of methoxy groups -OCH3 is 1. The topological polar surface area (TPSA) is 41.6 Å². The van der Waals surface area contributed by atoms with E-state index in [1.165, 1.54) is 0 Å². The van der Waals surface area contributed by atoms with E-state index in [1.54, 1.807) is 12.0 Å². The van der Waals surface area contributed by atoms with E-state index in [9.17, 15) is 4.79 Å². The second-order valence-corrected chi connectivity index (χ2v) is 5.84. The van der Waals surface area contributed by atoms with Crippen LogP contribution in [0, 0.1) is 0 Å². The largest absolute Gasteiger partial charge is 0.497 e. The Morgan fingerprint density at radius 3 is 2.50 bits per heavy atom. The maximum absolute atomic E-state index is 12.5. The molecule has 4 nitrogen and oxygen atoms in total. The molecule has 0 atom stereocenters. The third-order valence-corrected chi connectivity index (χ3v) is 4.18. The van der Waals surface area contributed by atoms with Crippen molar-refractivity contribution in [2.75, 3.05) is 13.7 Å². The van der Waals surface area contributed by atoms with Crippen LogP contribution in [0.25, 0.3) is 6.08 Å². The molecule has 2 aromatic rings. The van der Waals surface area contributed by atoms with Gasteiger partial charge in [-0.3, -0.25) is 9.69 Å². The third kappa shape index (κ3) is 3.63. The number of nitrogens with one attached hydrogen (secondary N) is 1. The first-order valence-corrected chi connectivity index (χ1v) is 8.11. The van der Waals surface area contributed by atoms with Crippen LogP contribution in [0.2, 0.25) is 0 Å². The Hall–Kier alpha value is -2.66. The fourth-order valence-corrected chi connectivity index (χ4v) is 2.81. The van der Waals surface area contributed by atoms with Gasteiger partial charge in [-0.1, -0.05) is 42.5 Å². The van der Waals surface area contributed by atoms with Gasteiger partial charge in [-0.2, -0.15) is 0 Å². The summed E-state index contributed by atoms with van der Waals surface area (Å²) in [4.78, 5) is 14.1. The molecule has 2 aromatic carbocycles. The summed E-state index contributed by atoms with van der Waals surface area (Å²) in [6, 6.07) is 17.5. The highest BCUT2D eigenvalue weighted by atomic mass is 32.1. The Bertz CT molecular complexity index is 770. The van der Waals surface area contributed by atoms with Crippen molar-refractivity contribution in [3.05, 3.63) is 71.4 Å². The highest BCUT2D eigenvalue weighted by Gasteiger charge is 2.30. The molecule has 0 aromatic heterocycles. The van der Waals surface area contributed by atoms with Crippen molar-refractivity contribution in [1.29, 1.82) is 0 Å². The molecule has 5 heteroatoms. The lowest BCUT2D eigenvalue weighted by molar-refractivity contribution is -0.122. The number of thiocarbonyl (C=S) groups is 1. The molecule has 0 spiro atoms. The van der Waals surface area contributed by atoms with Crippen LogP contribution in [-0.4, -0.2) is 29.6 Å². The molecule has 1 aliphatic heterocycles. The van der Waals surface area contributed by atoms with E-state index in [-0.39, 0.29) is 5.91 Å². The predicted molar refractivity (Wildman–Crippen MR) is 98.6 cm³/mol. The second kappa shape index (κ2) is 7.27. The van der Waals surface area contributed by atoms with E-state index in [4.69, 9.17) is 17.0 Å². The van der Waals surface area contributed by atoms with Gasteiger partial charge in [-0.05, 0) is 48.0 Å². The molecule has 1 amide bonds. The summed E-state index contributed by atoms with van der Waals surface area (Å²) in [5.41, 5.74) is 2.61. The Kier molecular flexibility index (Phi) is 4.91. The summed E-state index contributed by atoms with van der Waals surface area (Å²) in [6.45, 7) is 0.545. The van der Waals surface area contributed by atoms with Crippen LogP contribution in [0.1, 0.15) is 11.1 Å². The van der Waals surface area contributed by atoms with Gasteiger partial charge in [0.15, 0.2) is 5.11 Å². The van der Waals surface area contributed by atoms with Gasteiger partial charge >= 0.3 is 0 Å². The van der Waals surface area contributed by atoms with Gasteiger partial charge in [0.2, 0.25) is 0 Å². The molecule has 0 aliphatic carbocycles. The highest BCUT2D eigenvalue weighted by Crippen LogP contribution is 2.16. The Morgan fingerprint density at radius 1 is 1.12 bits per heavy atom. The van der Waals surface area contributed by atoms with Crippen molar-refractivity contribution in [2.45, 2.75) is 6.42 Å². The van der Waals surface area contributed by atoms with E-state index in [0.29, 0.717) is 17.4 Å². The molecule has 3 rings (SSSR count). The van der Waals surface area contributed by atoms with E-state index in [0.717, 1.165) is 23.3 Å². The Balaban J connectivity index is 1.67. The van der Waals surface area contributed by atoms with Crippen molar-refractivity contribution in [3.8, 4) is 5.75 Å². The van der Waals surface area contributed by atoms with Crippen LogP contribution in [0.15, 0.2) is 60.3 Å². The molecule has 1 saturated heterocycles. The van der Waals surface area contributed by atoms with Crippen molar-refractivity contribution in [2.24, 2.45) is 0 Å². The number of hydrogen-bond donors (Lipinski definition) is 1. The summed E-state index contributed by atoms with van der Waals surface area (Å²) in [7, 11) is 1.64. The van der Waals surface area contributed by atoms with Gasteiger partial charge in [-0.15, -0.1) is 0 Å². The normalized spacial score (nSPS) is 15.7. The van der Waals surface area contributed by atoms with Gasteiger partial charge in [0.05, 0.1) is 7.11 Å². The van der Waals surface area contributed by atoms with Crippen LogP contribution in [0.5, 0.6) is 5.75 Å². The number of rotatable bonds is 5. The number of carbonyl (C=O) groups excluding carboxylic acids is 1. The highest BCUT2D eigenvalue weighted by molar-refractivity contribution is 7.80. The molecule has 0 unspecified atom stereocenters. The van der Waals surface area contributed by atoms with E-state index < -0.39 is 0 Å². The average molecular weight is 338 g/mol. The first-order valence-electron chi connectivity index (χ1n) is 7.70. The maximum Gasteiger partial charge on any atom is 0.276 e. The van der Waals surface area contributed by atoms with Crippen LogP contribution in [0.4, 0.5) is 0 Å². The quantitative estimate of drug-likeness (QED) is 0.672. The van der Waals surface area contributed by atoms with Crippen molar-refractivity contribution >= 4 is 29.3 Å². The first kappa shape index (κ1) is 16.2. The zero-order chi connectivity index (χ0) is 16.9. The number of benzene rings is 2. The molecule has 24 heavy (non-hydrogen) atoms. The first-order chi connectivity index (χ1) is 11.7. The van der Waals surface area contributed by atoms with Gasteiger partial charge in [-0.25, -0.2) is 0 Å². The smallest absolute Gasteiger partial charge is 0.276 e. The van der Waals surface area contributed by atoms with Crippen molar-refractivity contribution < 1.29 is 9.53 Å². The maximum atomic E-state index is 12.5. The second-order valence-electron chi connectivity index (χ2n) is 5.45. The minimum absolute atomic E-state index is 0.0858. The zero-order valence-electron chi connectivity index (χ0n) is 13.4. The van der Waals surface area contributed by atoms with E-state index in [2.05, 4.69) is 5.32 Å². The lowest BCUT2D eigenvalue weighted by atomic mass is 10.1. The minimum atomic E-state index is -0.0858. The zero-order valence-corrected chi connectivity index (χ0v) is 14.2. The van der Waals surface area contributed by atoms with Gasteiger partial charge in [0.1, 0.15) is 11.4 Å². The SMILES string of the molecule is COc1ccc(CCN2C(=O)/C(=C\c3ccccc3)NC2=S)cc1. The molecule has 1 fully saturated rings. The van der Waals surface area contributed by atoms with Gasteiger partial charge in [0.25, 0.3) is 5.91 Å². The summed E-state index contributed by atoms with van der Waals surface area (Å²) < 4.78 is 5.15. The summed E-state index contributed by atoms with van der Waals surface area (Å²) in [5, 5.41) is 3.46. The molecular formula is C19H18N2O2S. The summed E-state index contributed by atoms with van der Waals surface area (Å²) in [6.07, 6.45) is 2.55. The molecule has 1 heterocycles.